The average molecular weight is 240 g/mol. The van der Waals surface area contributed by atoms with Gasteiger partial charge in [0.05, 0.1) is 11.7 Å². The van der Waals surface area contributed by atoms with Gasteiger partial charge in [0.15, 0.2) is 0 Å². The molecule has 0 aromatic heterocycles. The van der Waals surface area contributed by atoms with E-state index in [0.29, 0.717) is 6.10 Å². The van der Waals surface area contributed by atoms with Gasteiger partial charge in [-0.1, -0.05) is 42.5 Å². The van der Waals surface area contributed by atoms with Crippen LogP contribution in [-0.4, -0.2) is 11.7 Å². The number of ether oxygens (including phenoxy) is 1. The topological polar surface area (TPSA) is 9.23 Å². The third-order valence-electron chi connectivity index (χ3n) is 3.88. The highest BCUT2D eigenvalue weighted by atomic mass is 16.5. The van der Waals surface area contributed by atoms with Gasteiger partial charge in [0.1, 0.15) is 0 Å². The summed E-state index contributed by atoms with van der Waals surface area (Å²) < 4.78 is 6.10. The van der Waals surface area contributed by atoms with E-state index in [0.717, 1.165) is 6.42 Å². The Morgan fingerprint density at radius 1 is 1.11 bits per heavy atom. The van der Waals surface area contributed by atoms with Crippen molar-refractivity contribution in [2.75, 3.05) is 0 Å². The summed E-state index contributed by atoms with van der Waals surface area (Å²) in [6.07, 6.45) is 3.76. The van der Waals surface area contributed by atoms with Gasteiger partial charge in [-0.15, -0.1) is 0 Å². The minimum Gasteiger partial charge on any atom is -0.372 e. The Morgan fingerprint density at radius 2 is 1.89 bits per heavy atom. The summed E-state index contributed by atoms with van der Waals surface area (Å²) in [4.78, 5) is 0. The smallest absolute Gasteiger partial charge is 0.0631 e. The van der Waals surface area contributed by atoms with Crippen LogP contribution < -0.4 is 0 Å². The summed E-state index contributed by atoms with van der Waals surface area (Å²) in [5, 5.41) is 2.69. The lowest BCUT2D eigenvalue weighted by molar-refractivity contribution is -0.0143. The fourth-order valence-corrected chi connectivity index (χ4v) is 2.94. The molecule has 2 aromatic rings. The lowest BCUT2D eigenvalue weighted by Crippen LogP contribution is -2.21. The third kappa shape index (κ3) is 2.28. The van der Waals surface area contributed by atoms with E-state index in [9.17, 15) is 0 Å². The van der Waals surface area contributed by atoms with E-state index >= 15 is 0 Å². The van der Waals surface area contributed by atoms with Gasteiger partial charge in [0.2, 0.25) is 0 Å². The minimum atomic E-state index is 0.0647. The fraction of sp³-hybridized carbons (Fsp3) is 0.412. The summed E-state index contributed by atoms with van der Waals surface area (Å²) in [6, 6.07) is 15.2. The van der Waals surface area contributed by atoms with Gasteiger partial charge >= 0.3 is 0 Å². The lowest BCUT2D eigenvalue weighted by Gasteiger charge is -2.19. The molecule has 1 aliphatic rings. The second-order valence-corrected chi connectivity index (χ2v) is 5.88. The second kappa shape index (κ2) is 4.40. The molecule has 1 atom stereocenters. The van der Waals surface area contributed by atoms with Crippen molar-refractivity contribution in [1.29, 1.82) is 0 Å². The molecule has 1 unspecified atom stereocenters. The molecule has 2 aromatic carbocycles. The molecule has 0 aliphatic carbocycles. The molecule has 18 heavy (non-hydrogen) atoms. The van der Waals surface area contributed by atoms with Crippen LogP contribution in [0.2, 0.25) is 0 Å². The van der Waals surface area contributed by atoms with Crippen LogP contribution >= 0.6 is 0 Å². The first-order chi connectivity index (χ1) is 8.64. The quantitative estimate of drug-likeness (QED) is 0.758. The molecule has 0 radical (unpaired) electrons. The summed E-state index contributed by atoms with van der Waals surface area (Å²) in [7, 11) is 0. The molecule has 0 spiro atoms. The van der Waals surface area contributed by atoms with Crippen molar-refractivity contribution in [2.45, 2.75) is 44.8 Å². The number of hydrogen-bond donors (Lipinski definition) is 0. The molecule has 0 N–H and O–H groups in total. The van der Waals surface area contributed by atoms with Crippen LogP contribution in [0.5, 0.6) is 0 Å². The van der Waals surface area contributed by atoms with E-state index in [-0.39, 0.29) is 5.60 Å². The first-order valence-corrected chi connectivity index (χ1v) is 6.78. The monoisotopic (exact) mass is 240 g/mol. The van der Waals surface area contributed by atoms with Crippen LogP contribution in [0.25, 0.3) is 10.8 Å². The van der Waals surface area contributed by atoms with Crippen LogP contribution in [0.1, 0.15) is 32.3 Å². The van der Waals surface area contributed by atoms with E-state index in [4.69, 9.17) is 4.74 Å². The van der Waals surface area contributed by atoms with Crippen molar-refractivity contribution >= 4 is 10.8 Å². The number of hydrogen-bond acceptors (Lipinski definition) is 1. The van der Waals surface area contributed by atoms with Crippen LogP contribution in [0, 0.1) is 0 Å². The van der Waals surface area contributed by atoms with Gasteiger partial charge < -0.3 is 4.74 Å². The summed E-state index contributed by atoms with van der Waals surface area (Å²) >= 11 is 0. The fourth-order valence-electron chi connectivity index (χ4n) is 2.94. The van der Waals surface area contributed by atoms with Gasteiger partial charge in [-0.2, -0.15) is 0 Å². The van der Waals surface area contributed by atoms with Crippen molar-refractivity contribution in [3.8, 4) is 0 Å². The molecule has 1 nitrogen and oxygen atoms in total. The van der Waals surface area contributed by atoms with Crippen molar-refractivity contribution in [3.05, 3.63) is 48.0 Å². The molecular weight excluding hydrogens is 220 g/mol. The normalized spacial score (nSPS) is 22.4. The molecule has 0 bridgehead atoms. The number of fused-ring (bicyclic) bond motifs is 1. The first kappa shape index (κ1) is 11.7. The maximum absolute atomic E-state index is 6.10. The van der Waals surface area contributed by atoms with Gasteiger partial charge in [0.25, 0.3) is 0 Å². The highest BCUT2D eigenvalue weighted by Gasteiger charge is 2.31. The van der Waals surface area contributed by atoms with E-state index in [1.807, 2.05) is 0 Å². The van der Waals surface area contributed by atoms with Crippen LogP contribution in [-0.2, 0) is 11.2 Å². The summed E-state index contributed by atoms with van der Waals surface area (Å²) in [5.74, 6) is 0. The predicted molar refractivity (Wildman–Crippen MR) is 75.8 cm³/mol. The molecule has 1 heteroatoms. The Labute approximate surface area is 109 Å². The van der Waals surface area contributed by atoms with Gasteiger partial charge in [-0.25, -0.2) is 0 Å². The molecule has 1 aliphatic heterocycles. The van der Waals surface area contributed by atoms with Gasteiger partial charge in [-0.3, -0.25) is 0 Å². The molecule has 1 fully saturated rings. The van der Waals surface area contributed by atoms with Crippen LogP contribution in [0.4, 0.5) is 0 Å². The molecular formula is C17H20O. The van der Waals surface area contributed by atoms with Crippen LogP contribution in [0.15, 0.2) is 42.5 Å². The largest absolute Gasteiger partial charge is 0.372 e. The Kier molecular flexibility index (Phi) is 2.87. The van der Waals surface area contributed by atoms with E-state index in [1.165, 1.54) is 29.2 Å². The van der Waals surface area contributed by atoms with Gasteiger partial charge in [0, 0.05) is 0 Å². The Bertz CT molecular complexity index is 551. The van der Waals surface area contributed by atoms with Crippen molar-refractivity contribution in [2.24, 2.45) is 0 Å². The highest BCUT2D eigenvalue weighted by Crippen LogP contribution is 2.32. The Morgan fingerprint density at radius 3 is 2.67 bits per heavy atom. The standard InChI is InChI=1S/C17H20O/c1-17(2)11-10-15(18-17)12-14-8-5-7-13-6-3-4-9-16(13)14/h3-9,15H,10-12H2,1-2H3. The lowest BCUT2D eigenvalue weighted by atomic mass is 9.98. The first-order valence-electron chi connectivity index (χ1n) is 6.78. The maximum Gasteiger partial charge on any atom is 0.0631 e. The molecule has 1 saturated heterocycles. The molecule has 0 saturated carbocycles. The highest BCUT2D eigenvalue weighted by molar-refractivity contribution is 5.85. The Balaban J connectivity index is 1.87. The maximum atomic E-state index is 6.10. The minimum absolute atomic E-state index is 0.0647. The van der Waals surface area contributed by atoms with Crippen molar-refractivity contribution < 1.29 is 4.74 Å². The predicted octanol–water partition coefficient (Wildman–Crippen LogP) is 4.34. The van der Waals surface area contributed by atoms with E-state index in [2.05, 4.69) is 56.3 Å². The zero-order valence-corrected chi connectivity index (χ0v) is 11.1. The molecule has 1 heterocycles. The third-order valence-corrected chi connectivity index (χ3v) is 3.88. The van der Waals surface area contributed by atoms with Crippen molar-refractivity contribution in [3.63, 3.8) is 0 Å². The number of rotatable bonds is 2. The number of benzene rings is 2. The van der Waals surface area contributed by atoms with Crippen LogP contribution in [0.3, 0.4) is 0 Å². The average Bonchev–Trinajstić information content (AvgIpc) is 2.69. The van der Waals surface area contributed by atoms with E-state index < -0.39 is 0 Å². The van der Waals surface area contributed by atoms with Crippen molar-refractivity contribution in [1.82, 2.24) is 0 Å². The zero-order valence-electron chi connectivity index (χ0n) is 11.1. The SMILES string of the molecule is CC1(C)CCC(Cc2cccc3ccccc23)O1. The summed E-state index contributed by atoms with van der Waals surface area (Å²) in [5.41, 5.74) is 1.48. The van der Waals surface area contributed by atoms with E-state index in [1.54, 1.807) is 0 Å². The van der Waals surface area contributed by atoms with Gasteiger partial charge in [-0.05, 0) is 49.4 Å². The summed E-state index contributed by atoms with van der Waals surface area (Å²) in [6.45, 7) is 4.38. The molecule has 3 rings (SSSR count). The Hall–Kier alpha value is -1.34. The zero-order chi connectivity index (χ0) is 12.6. The molecule has 0 amide bonds. The molecule has 94 valence electrons. The second-order valence-electron chi connectivity index (χ2n) is 5.88.